The number of nitrogens with one attached hydrogen (secondary N) is 1. The van der Waals surface area contributed by atoms with Crippen molar-refractivity contribution < 1.29 is 4.74 Å². The topological polar surface area (TPSA) is 65.9 Å². The van der Waals surface area contributed by atoms with Crippen LogP contribution in [0, 0.1) is 0 Å². The Kier molecular flexibility index (Phi) is 6.46. The van der Waals surface area contributed by atoms with Crippen molar-refractivity contribution in [3.63, 3.8) is 0 Å². The third-order valence-corrected chi connectivity index (χ3v) is 4.37. The summed E-state index contributed by atoms with van der Waals surface area (Å²) in [5.41, 5.74) is 1.10. The van der Waals surface area contributed by atoms with E-state index in [1.807, 2.05) is 57.6 Å². The Hall–Kier alpha value is -2.83. The summed E-state index contributed by atoms with van der Waals surface area (Å²) in [7, 11) is 1.82. The molecule has 0 aliphatic carbocycles. The average molecular weight is 368 g/mol. The first-order valence-electron chi connectivity index (χ1n) is 9.39. The number of rotatable bonds is 5. The van der Waals surface area contributed by atoms with Crippen molar-refractivity contribution in [2.45, 2.75) is 26.5 Å². The van der Waals surface area contributed by atoms with Gasteiger partial charge < -0.3 is 19.9 Å². The minimum atomic E-state index is 0.130. The molecule has 0 atom stereocenters. The Morgan fingerprint density at radius 3 is 2.56 bits per heavy atom. The monoisotopic (exact) mass is 368 g/mol. The highest BCUT2D eigenvalue weighted by atomic mass is 16.5. The van der Waals surface area contributed by atoms with Crippen molar-refractivity contribution in [1.82, 2.24) is 20.2 Å². The molecule has 0 spiro atoms. The Balaban J connectivity index is 1.50. The second-order valence-corrected chi connectivity index (χ2v) is 6.73. The molecule has 7 nitrogen and oxygen atoms in total. The van der Waals surface area contributed by atoms with Gasteiger partial charge in [0.05, 0.1) is 6.10 Å². The lowest BCUT2D eigenvalue weighted by Crippen LogP contribution is -2.52. The molecule has 0 aromatic carbocycles. The van der Waals surface area contributed by atoms with Gasteiger partial charge in [-0.2, -0.15) is 0 Å². The van der Waals surface area contributed by atoms with Crippen molar-refractivity contribution >= 4 is 11.8 Å². The number of hydrogen-bond acceptors (Lipinski definition) is 5. The predicted octanol–water partition coefficient (Wildman–Crippen LogP) is 2.16. The van der Waals surface area contributed by atoms with Gasteiger partial charge in [0.1, 0.15) is 5.82 Å². The Bertz CT molecular complexity index is 724. The van der Waals surface area contributed by atoms with E-state index in [9.17, 15) is 0 Å². The van der Waals surface area contributed by atoms with E-state index in [0.717, 1.165) is 43.5 Å². The van der Waals surface area contributed by atoms with E-state index in [2.05, 4.69) is 36.1 Å². The van der Waals surface area contributed by atoms with E-state index in [-0.39, 0.29) is 6.10 Å². The van der Waals surface area contributed by atoms with E-state index in [0.29, 0.717) is 12.4 Å². The molecule has 2 aromatic heterocycles. The molecule has 0 saturated carbocycles. The molecule has 3 rings (SSSR count). The number of anilines is 1. The molecule has 2 aromatic rings. The lowest BCUT2D eigenvalue weighted by atomic mass is 10.3. The number of pyridine rings is 2. The van der Waals surface area contributed by atoms with Gasteiger partial charge in [-0.25, -0.2) is 9.97 Å². The molecule has 0 amide bonds. The summed E-state index contributed by atoms with van der Waals surface area (Å²) in [6, 6.07) is 9.97. The second-order valence-electron chi connectivity index (χ2n) is 6.73. The molecule has 1 fully saturated rings. The van der Waals surface area contributed by atoms with E-state index < -0.39 is 0 Å². The first-order valence-corrected chi connectivity index (χ1v) is 9.39. The standard InChI is InChI=1S/C20H28N6O/c1-16(2)27-19-8-7-17(14-23-19)15-24-20(21-3)26-12-10-25(11-13-26)18-6-4-5-9-22-18/h4-9,14,16H,10-13,15H2,1-3H3,(H,21,24). The first kappa shape index (κ1) is 18.9. The fourth-order valence-electron chi connectivity index (χ4n) is 3.03. The van der Waals surface area contributed by atoms with Crippen LogP contribution in [-0.4, -0.2) is 60.2 Å². The van der Waals surface area contributed by atoms with Crippen LogP contribution in [0.5, 0.6) is 5.88 Å². The molecular formula is C20H28N6O. The number of piperazine rings is 1. The number of ether oxygens (including phenoxy) is 1. The van der Waals surface area contributed by atoms with Gasteiger partial charge >= 0.3 is 0 Å². The van der Waals surface area contributed by atoms with Gasteiger partial charge in [-0.05, 0) is 31.5 Å². The zero-order chi connectivity index (χ0) is 19.1. The van der Waals surface area contributed by atoms with Gasteiger partial charge in [-0.15, -0.1) is 0 Å². The largest absolute Gasteiger partial charge is 0.475 e. The Labute approximate surface area is 161 Å². The maximum atomic E-state index is 5.58. The normalized spacial score (nSPS) is 15.2. The first-order chi connectivity index (χ1) is 13.2. The van der Waals surface area contributed by atoms with Gasteiger partial charge in [-0.1, -0.05) is 12.1 Å². The van der Waals surface area contributed by atoms with Gasteiger partial charge in [0.25, 0.3) is 0 Å². The van der Waals surface area contributed by atoms with Crippen LogP contribution in [0.15, 0.2) is 47.7 Å². The molecule has 1 aliphatic heterocycles. The number of aromatic nitrogens is 2. The summed E-state index contributed by atoms with van der Waals surface area (Å²) in [5.74, 6) is 2.61. The van der Waals surface area contributed by atoms with Crippen LogP contribution in [0.1, 0.15) is 19.4 Å². The maximum Gasteiger partial charge on any atom is 0.213 e. The van der Waals surface area contributed by atoms with Gasteiger partial charge in [0.2, 0.25) is 5.88 Å². The number of nitrogens with zero attached hydrogens (tertiary/aromatic N) is 5. The van der Waals surface area contributed by atoms with Crippen molar-refractivity contribution in [3.05, 3.63) is 48.3 Å². The van der Waals surface area contributed by atoms with Crippen LogP contribution >= 0.6 is 0 Å². The van der Waals surface area contributed by atoms with Crippen molar-refractivity contribution in [2.24, 2.45) is 4.99 Å². The zero-order valence-corrected chi connectivity index (χ0v) is 16.3. The maximum absolute atomic E-state index is 5.58. The van der Waals surface area contributed by atoms with Crippen LogP contribution in [0.25, 0.3) is 0 Å². The number of guanidine groups is 1. The zero-order valence-electron chi connectivity index (χ0n) is 16.3. The van der Waals surface area contributed by atoms with Gasteiger partial charge in [-0.3, -0.25) is 4.99 Å². The minimum absolute atomic E-state index is 0.130. The van der Waals surface area contributed by atoms with Crippen LogP contribution in [0.2, 0.25) is 0 Å². The molecular weight excluding hydrogens is 340 g/mol. The molecule has 1 saturated heterocycles. The van der Waals surface area contributed by atoms with Crippen LogP contribution in [-0.2, 0) is 6.54 Å². The summed E-state index contributed by atoms with van der Waals surface area (Å²) in [5, 5.41) is 3.43. The molecule has 0 radical (unpaired) electrons. The highest BCUT2D eigenvalue weighted by molar-refractivity contribution is 5.80. The van der Waals surface area contributed by atoms with E-state index in [1.54, 1.807) is 0 Å². The number of hydrogen-bond donors (Lipinski definition) is 1. The summed E-state index contributed by atoms with van der Waals surface area (Å²) in [4.78, 5) is 17.8. The lowest BCUT2D eigenvalue weighted by Gasteiger charge is -2.37. The SMILES string of the molecule is CN=C(NCc1ccc(OC(C)C)nc1)N1CCN(c2ccccn2)CC1. The molecule has 27 heavy (non-hydrogen) atoms. The molecule has 1 aliphatic rings. The number of aliphatic imine (C=N–C) groups is 1. The van der Waals surface area contributed by atoms with Crippen molar-refractivity contribution in [1.29, 1.82) is 0 Å². The summed E-state index contributed by atoms with van der Waals surface area (Å²) in [6.07, 6.45) is 3.81. The lowest BCUT2D eigenvalue weighted by molar-refractivity contribution is 0.232. The second kappa shape index (κ2) is 9.21. The van der Waals surface area contributed by atoms with Gasteiger partial charge in [0, 0.05) is 58.2 Å². The van der Waals surface area contributed by atoms with E-state index >= 15 is 0 Å². The van der Waals surface area contributed by atoms with Crippen molar-refractivity contribution in [2.75, 3.05) is 38.1 Å². The third-order valence-electron chi connectivity index (χ3n) is 4.37. The van der Waals surface area contributed by atoms with Crippen LogP contribution < -0.4 is 15.0 Å². The molecule has 0 unspecified atom stereocenters. The Morgan fingerprint density at radius 2 is 1.96 bits per heavy atom. The highest BCUT2D eigenvalue weighted by Crippen LogP contribution is 2.13. The van der Waals surface area contributed by atoms with Crippen molar-refractivity contribution in [3.8, 4) is 5.88 Å². The van der Waals surface area contributed by atoms with Crippen LogP contribution in [0.3, 0.4) is 0 Å². The molecule has 1 N–H and O–H groups in total. The van der Waals surface area contributed by atoms with Crippen LogP contribution in [0.4, 0.5) is 5.82 Å². The highest BCUT2D eigenvalue weighted by Gasteiger charge is 2.20. The summed E-state index contributed by atoms with van der Waals surface area (Å²) in [6.45, 7) is 8.36. The quantitative estimate of drug-likeness (QED) is 0.644. The van der Waals surface area contributed by atoms with E-state index in [4.69, 9.17) is 4.74 Å². The average Bonchev–Trinajstić information content (AvgIpc) is 2.70. The molecule has 7 heteroatoms. The fourth-order valence-corrected chi connectivity index (χ4v) is 3.03. The summed E-state index contributed by atoms with van der Waals surface area (Å²) < 4.78 is 5.58. The minimum Gasteiger partial charge on any atom is -0.475 e. The predicted molar refractivity (Wildman–Crippen MR) is 108 cm³/mol. The third kappa shape index (κ3) is 5.32. The Morgan fingerprint density at radius 1 is 1.15 bits per heavy atom. The molecule has 0 bridgehead atoms. The fraction of sp³-hybridized carbons (Fsp3) is 0.450. The smallest absolute Gasteiger partial charge is 0.213 e. The van der Waals surface area contributed by atoms with Gasteiger partial charge in [0.15, 0.2) is 5.96 Å². The van der Waals surface area contributed by atoms with E-state index in [1.165, 1.54) is 0 Å². The summed E-state index contributed by atoms with van der Waals surface area (Å²) >= 11 is 0. The molecule has 144 valence electrons. The molecule has 3 heterocycles.